The maximum Gasteiger partial charge on any atom is 0.116 e. The average molecular weight is 135 g/mol. The van der Waals surface area contributed by atoms with E-state index in [4.69, 9.17) is 0 Å². The van der Waals surface area contributed by atoms with Crippen molar-refractivity contribution in [3.63, 3.8) is 0 Å². The molecular formula is C8H11N2. The third-order valence-corrected chi connectivity index (χ3v) is 1.84. The molecule has 1 aliphatic rings. The summed E-state index contributed by atoms with van der Waals surface area (Å²) in [5.74, 6) is 0.910. The van der Waals surface area contributed by atoms with Crippen LogP contribution in [0.2, 0.25) is 0 Å². The molecule has 0 atom stereocenters. The minimum Gasteiger partial charge on any atom is -0.272 e. The Hall–Kier alpha value is -0.790. The first-order valence-corrected chi connectivity index (χ1v) is 3.76. The monoisotopic (exact) mass is 135 g/mol. The Balaban J connectivity index is 2.03. The first-order valence-electron chi connectivity index (χ1n) is 3.76. The highest BCUT2D eigenvalue weighted by atomic mass is 15.3. The Kier molecular flexibility index (Phi) is 1.26. The number of hydrogen-bond donors (Lipinski definition) is 0. The van der Waals surface area contributed by atoms with Gasteiger partial charge in [-0.2, -0.15) is 5.10 Å². The molecular weight excluding hydrogens is 124 g/mol. The lowest BCUT2D eigenvalue weighted by atomic mass is 10.4. The second kappa shape index (κ2) is 2.11. The lowest BCUT2D eigenvalue weighted by Gasteiger charge is -1.95. The molecule has 0 saturated heterocycles. The Morgan fingerprint density at radius 3 is 3.10 bits per heavy atom. The normalized spacial score (nSPS) is 17.7. The predicted molar refractivity (Wildman–Crippen MR) is 38.5 cm³/mol. The van der Waals surface area contributed by atoms with Crippen LogP contribution in [0.15, 0.2) is 6.20 Å². The minimum atomic E-state index is 0.910. The molecule has 0 unspecified atom stereocenters. The Bertz CT molecular complexity index is 223. The van der Waals surface area contributed by atoms with E-state index in [0.29, 0.717) is 0 Å². The maximum absolute atomic E-state index is 4.09. The van der Waals surface area contributed by atoms with Gasteiger partial charge in [0.2, 0.25) is 0 Å². The van der Waals surface area contributed by atoms with Crippen molar-refractivity contribution in [2.75, 3.05) is 0 Å². The van der Waals surface area contributed by atoms with Gasteiger partial charge in [-0.15, -0.1) is 0 Å². The maximum atomic E-state index is 4.09. The third kappa shape index (κ3) is 1.20. The van der Waals surface area contributed by atoms with E-state index in [1.54, 1.807) is 0 Å². The van der Waals surface area contributed by atoms with Gasteiger partial charge in [0.25, 0.3) is 0 Å². The highest BCUT2D eigenvalue weighted by Gasteiger charge is 2.21. The molecule has 0 N–H and O–H groups in total. The van der Waals surface area contributed by atoms with Crippen LogP contribution in [0.25, 0.3) is 0 Å². The van der Waals surface area contributed by atoms with Crippen molar-refractivity contribution in [3.8, 4) is 0 Å². The van der Waals surface area contributed by atoms with Gasteiger partial charge in [0, 0.05) is 12.7 Å². The molecule has 1 aromatic heterocycles. The van der Waals surface area contributed by atoms with Crippen molar-refractivity contribution in [1.82, 2.24) is 9.78 Å². The molecule has 1 aliphatic carbocycles. The van der Waals surface area contributed by atoms with E-state index in [1.165, 1.54) is 12.8 Å². The largest absolute Gasteiger partial charge is 0.272 e. The molecule has 2 rings (SSSR count). The van der Waals surface area contributed by atoms with E-state index >= 15 is 0 Å². The summed E-state index contributed by atoms with van der Waals surface area (Å²) < 4.78 is 1.99. The van der Waals surface area contributed by atoms with Gasteiger partial charge < -0.3 is 0 Å². The molecule has 0 amide bonds. The van der Waals surface area contributed by atoms with Gasteiger partial charge in [0.15, 0.2) is 0 Å². The molecule has 2 heteroatoms. The van der Waals surface area contributed by atoms with Crippen LogP contribution in [0.3, 0.4) is 0 Å². The summed E-state index contributed by atoms with van der Waals surface area (Å²) in [7, 11) is 0. The van der Waals surface area contributed by atoms with Crippen molar-refractivity contribution in [2.24, 2.45) is 5.92 Å². The zero-order chi connectivity index (χ0) is 6.97. The molecule has 0 aliphatic heterocycles. The molecule has 10 heavy (non-hydrogen) atoms. The fourth-order valence-electron chi connectivity index (χ4n) is 1.08. The van der Waals surface area contributed by atoms with Crippen LogP contribution < -0.4 is 0 Å². The van der Waals surface area contributed by atoms with Crippen LogP contribution in [-0.2, 0) is 6.54 Å². The van der Waals surface area contributed by atoms with E-state index in [9.17, 15) is 0 Å². The number of aromatic nitrogens is 2. The summed E-state index contributed by atoms with van der Waals surface area (Å²) in [6.07, 6.45) is 7.74. The molecule has 1 fully saturated rings. The molecule has 1 aromatic rings. The molecule has 1 radical (unpaired) electrons. The average Bonchev–Trinajstić information content (AvgIpc) is 2.59. The first-order chi connectivity index (χ1) is 4.84. The molecule has 1 saturated carbocycles. The fraction of sp³-hybridized carbons (Fsp3) is 0.625. The summed E-state index contributed by atoms with van der Waals surface area (Å²) in [5.41, 5.74) is 1.14. The summed E-state index contributed by atoms with van der Waals surface area (Å²) in [5, 5.41) is 4.09. The van der Waals surface area contributed by atoms with Gasteiger partial charge in [-0.1, -0.05) is 0 Å². The van der Waals surface area contributed by atoms with Gasteiger partial charge >= 0.3 is 0 Å². The van der Waals surface area contributed by atoms with Crippen LogP contribution in [0.4, 0.5) is 0 Å². The van der Waals surface area contributed by atoms with Crippen LogP contribution in [0, 0.1) is 19.0 Å². The van der Waals surface area contributed by atoms with Gasteiger partial charge in [-0.3, -0.25) is 4.68 Å². The van der Waals surface area contributed by atoms with E-state index in [-0.39, 0.29) is 0 Å². The van der Waals surface area contributed by atoms with E-state index in [2.05, 4.69) is 17.5 Å². The summed E-state index contributed by atoms with van der Waals surface area (Å²) in [6.45, 7) is 3.13. The van der Waals surface area contributed by atoms with E-state index in [0.717, 1.165) is 18.0 Å². The number of hydrogen-bond acceptors (Lipinski definition) is 1. The smallest absolute Gasteiger partial charge is 0.116 e. The highest BCUT2D eigenvalue weighted by molar-refractivity contribution is 4.97. The van der Waals surface area contributed by atoms with Gasteiger partial charge in [-0.05, 0) is 31.2 Å². The Morgan fingerprint density at radius 2 is 2.60 bits per heavy atom. The van der Waals surface area contributed by atoms with Crippen LogP contribution >= 0.6 is 0 Å². The van der Waals surface area contributed by atoms with Crippen molar-refractivity contribution in [3.05, 3.63) is 18.0 Å². The second-order valence-corrected chi connectivity index (χ2v) is 3.09. The summed E-state index contributed by atoms with van der Waals surface area (Å²) in [6, 6.07) is 0. The molecule has 53 valence electrons. The van der Waals surface area contributed by atoms with Crippen molar-refractivity contribution >= 4 is 0 Å². The molecule has 2 nitrogen and oxygen atoms in total. The Morgan fingerprint density at radius 1 is 1.80 bits per heavy atom. The van der Waals surface area contributed by atoms with Gasteiger partial charge in [0.05, 0.1) is 0 Å². The lowest BCUT2D eigenvalue weighted by Crippen LogP contribution is -1.98. The minimum absolute atomic E-state index is 0.910. The SMILES string of the molecule is Cc1[c]nn(CC2CC2)c1. The zero-order valence-electron chi connectivity index (χ0n) is 6.17. The third-order valence-electron chi connectivity index (χ3n) is 1.84. The number of rotatable bonds is 2. The van der Waals surface area contributed by atoms with Crippen molar-refractivity contribution in [1.29, 1.82) is 0 Å². The predicted octanol–water partition coefficient (Wildman–Crippen LogP) is 1.40. The summed E-state index contributed by atoms with van der Waals surface area (Å²) >= 11 is 0. The quantitative estimate of drug-likeness (QED) is 0.599. The number of nitrogens with zero attached hydrogens (tertiary/aromatic N) is 2. The fourth-order valence-corrected chi connectivity index (χ4v) is 1.08. The molecule has 0 bridgehead atoms. The first kappa shape index (κ1) is 5.96. The van der Waals surface area contributed by atoms with Crippen molar-refractivity contribution in [2.45, 2.75) is 26.3 Å². The van der Waals surface area contributed by atoms with Crippen molar-refractivity contribution < 1.29 is 0 Å². The number of aryl methyl sites for hydroxylation is 1. The Labute approximate surface area is 60.9 Å². The molecule has 0 spiro atoms. The molecule has 1 heterocycles. The highest BCUT2D eigenvalue weighted by Crippen LogP contribution is 2.30. The van der Waals surface area contributed by atoms with Gasteiger partial charge in [-0.25, -0.2) is 0 Å². The second-order valence-electron chi connectivity index (χ2n) is 3.09. The standard InChI is InChI=1S/C8H11N2/c1-7-4-9-10(5-7)6-8-2-3-8/h5,8H,2-3,6H2,1H3. The zero-order valence-corrected chi connectivity index (χ0v) is 6.17. The summed E-state index contributed by atoms with van der Waals surface area (Å²) in [4.78, 5) is 0. The van der Waals surface area contributed by atoms with Crippen LogP contribution in [0.1, 0.15) is 18.4 Å². The topological polar surface area (TPSA) is 17.8 Å². The van der Waals surface area contributed by atoms with E-state index in [1.807, 2.05) is 11.6 Å². The lowest BCUT2D eigenvalue weighted by molar-refractivity contribution is 0.562. The van der Waals surface area contributed by atoms with Gasteiger partial charge in [0.1, 0.15) is 6.20 Å². The van der Waals surface area contributed by atoms with Crippen LogP contribution in [-0.4, -0.2) is 9.78 Å². The van der Waals surface area contributed by atoms with E-state index < -0.39 is 0 Å². The van der Waals surface area contributed by atoms with Crippen LogP contribution in [0.5, 0.6) is 0 Å². The molecule has 0 aromatic carbocycles.